The summed E-state index contributed by atoms with van der Waals surface area (Å²) >= 11 is 5.10. The number of carbonyl (C=O) groups excluding carboxylic acids is 1. The Morgan fingerprint density at radius 2 is 2.07 bits per heavy atom. The smallest absolute Gasteiger partial charge is 0.270 e. The molecule has 0 aliphatic heterocycles. The van der Waals surface area contributed by atoms with Crippen LogP contribution in [0.4, 0.5) is 0 Å². The Morgan fingerprint density at radius 3 is 2.75 bits per heavy atom. The molecule has 0 unspecified atom stereocenters. The number of aromatic amines is 1. The zero-order chi connectivity index (χ0) is 19.5. The molecule has 4 rings (SSSR count). The first kappa shape index (κ1) is 17.9. The summed E-state index contributed by atoms with van der Waals surface area (Å²) in [5.74, 6) is 1.15. The molecule has 0 bridgehead atoms. The maximum absolute atomic E-state index is 12.8. The van der Waals surface area contributed by atoms with Crippen LogP contribution >= 0.6 is 12.2 Å². The number of carbonyl (C=O) groups is 1. The molecule has 0 aliphatic rings. The van der Waals surface area contributed by atoms with E-state index >= 15 is 0 Å². The van der Waals surface area contributed by atoms with E-state index < -0.39 is 0 Å². The minimum absolute atomic E-state index is 0.231. The van der Waals surface area contributed by atoms with Crippen LogP contribution in [0.1, 0.15) is 16.3 Å². The van der Waals surface area contributed by atoms with Crippen LogP contribution in [-0.2, 0) is 13.5 Å². The number of benzene rings is 1. The van der Waals surface area contributed by atoms with Gasteiger partial charge < -0.3 is 14.3 Å². The van der Waals surface area contributed by atoms with Crippen molar-refractivity contribution in [3.8, 4) is 17.1 Å². The zero-order valence-corrected chi connectivity index (χ0v) is 15.9. The van der Waals surface area contributed by atoms with E-state index in [0.717, 1.165) is 11.5 Å². The molecule has 0 fully saturated rings. The van der Waals surface area contributed by atoms with Gasteiger partial charge >= 0.3 is 0 Å². The fraction of sp³-hybridized carbons (Fsp3) is 0.158. The van der Waals surface area contributed by atoms with E-state index in [1.54, 1.807) is 27.6 Å². The molecule has 0 aliphatic carbocycles. The van der Waals surface area contributed by atoms with Gasteiger partial charge in [-0.3, -0.25) is 9.89 Å². The topological polar surface area (TPSA) is 93.7 Å². The standard InChI is InChI=1S/C19H18N6O2S/c1-24-17(21-22-19(24)28)9-10-20-18(26)15-12-14(16-8-5-11-27-16)23-25(15)13-6-3-2-4-7-13/h2-8,11-12H,9-10H2,1H3,(H,20,26)(H,22,28). The maximum Gasteiger partial charge on any atom is 0.270 e. The second kappa shape index (κ2) is 7.65. The zero-order valence-electron chi connectivity index (χ0n) is 15.1. The first-order valence-electron chi connectivity index (χ1n) is 8.71. The monoisotopic (exact) mass is 394 g/mol. The van der Waals surface area contributed by atoms with Crippen LogP contribution in [0.3, 0.4) is 0 Å². The lowest BCUT2D eigenvalue weighted by Crippen LogP contribution is -2.28. The van der Waals surface area contributed by atoms with Gasteiger partial charge in [-0.2, -0.15) is 10.2 Å². The molecule has 28 heavy (non-hydrogen) atoms. The Hall–Kier alpha value is -3.46. The van der Waals surface area contributed by atoms with Gasteiger partial charge in [0.25, 0.3) is 5.91 Å². The van der Waals surface area contributed by atoms with Gasteiger partial charge in [0.15, 0.2) is 10.5 Å². The van der Waals surface area contributed by atoms with Gasteiger partial charge in [0.05, 0.1) is 12.0 Å². The lowest BCUT2D eigenvalue weighted by atomic mass is 10.2. The average molecular weight is 394 g/mol. The molecule has 0 spiro atoms. The minimum Gasteiger partial charge on any atom is -0.463 e. The second-order valence-electron chi connectivity index (χ2n) is 6.15. The third-order valence-electron chi connectivity index (χ3n) is 4.32. The number of rotatable bonds is 6. The van der Waals surface area contributed by atoms with Gasteiger partial charge in [-0.15, -0.1) is 0 Å². The van der Waals surface area contributed by atoms with Crippen LogP contribution in [0.2, 0.25) is 0 Å². The molecule has 0 saturated heterocycles. The Labute approximate surface area is 165 Å². The van der Waals surface area contributed by atoms with Crippen LogP contribution in [-0.4, -0.2) is 37.0 Å². The second-order valence-corrected chi connectivity index (χ2v) is 6.54. The largest absolute Gasteiger partial charge is 0.463 e. The molecule has 2 N–H and O–H groups in total. The number of para-hydroxylation sites is 1. The lowest BCUT2D eigenvalue weighted by molar-refractivity contribution is 0.0946. The summed E-state index contributed by atoms with van der Waals surface area (Å²) in [7, 11) is 1.84. The van der Waals surface area contributed by atoms with Crippen molar-refractivity contribution in [2.45, 2.75) is 6.42 Å². The molecule has 1 aromatic carbocycles. The number of H-pyrrole nitrogens is 1. The van der Waals surface area contributed by atoms with Crippen LogP contribution in [0, 0.1) is 4.77 Å². The summed E-state index contributed by atoms with van der Waals surface area (Å²) in [4.78, 5) is 12.8. The molecule has 3 heterocycles. The van der Waals surface area contributed by atoms with Crippen molar-refractivity contribution in [1.82, 2.24) is 29.9 Å². The average Bonchev–Trinajstić information content (AvgIpc) is 3.45. The Morgan fingerprint density at radius 1 is 1.25 bits per heavy atom. The Kier molecular flexibility index (Phi) is 4.90. The molecular formula is C19H18N6O2S. The molecule has 1 amide bonds. The van der Waals surface area contributed by atoms with Gasteiger partial charge in [0.1, 0.15) is 17.2 Å². The number of furan rings is 1. The predicted molar refractivity (Wildman–Crippen MR) is 106 cm³/mol. The number of amides is 1. The van der Waals surface area contributed by atoms with Gasteiger partial charge in [-0.25, -0.2) is 4.68 Å². The van der Waals surface area contributed by atoms with E-state index in [0.29, 0.717) is 34.9 Å². The molecule has 4 aromatic rings. The highest BCUT2D eigenvalue weighted by Gasteiger charge is 2.18. The quantitative estimate of drug-likeness (QED) is 0.491. The summed E-state index contributed by atoms with van der Waals surface area (Å²) in [6, 6.07) is 14.8. The minimum atomic E-state index is -0.231. The van der Waals surface area contributed by atoms with Crippen LogP contribution in [0.25, 0.3) is 17.1 Å². The summed E-state index contributed by atoms with van der Waals surface area (Å²) in [6.07, 6.45) is 2.13. The van der Waals surface area contributed by atoms with Crippen LogP contribution in [0.15, 0.2) is 59.2 Å². The molecule has 0 radical (unpaired) electrons. The Bertz CT molecular complexity index is 1140. The van der Waals surface area contributed by atoms with Gasteiger partial charge in [-0.05, 0) is 36.5 Å². The highest BCUT2D eigenvalue weighted by atomic mass is 32.1. The van der Waals surface area contributed by atoms with Crippen molar-refractivity contribution in [2.24, 2.45) is 7.05 Å². The van der Waals surface area contributed by atoms with Gasteiger partial charge in [0, 0.05) is 26.1 Å². The fourth-order valence-corrected chi connectivity index (χ4v) is 2.99. The van der Waals surface area contributed by atoms with Crippen molar-refractivity contribution >= 4 is 18.1 Å². The van der Waals surface area contributed by atoms with Crippen molar-refractivity contribution in [2.75, 3.05) is 6.54 Å². The SMILES string of the molecule is Cn1c(CCNC(=O)c2cc(-c3ccco3)nn2-c2ccccc2)n[nH]c1=S. The third kappa shape index (κ3) is 3.52. The van der Waals surface area contributed by atoms with Crippen LogP contribution in [0.5, 0.6) is 0 Å². The predicted octanol–water partition coefficient (Wildman–Crippen LogP) is 2.90. The summed E-state index contributed by atoms with van der Waals surface area (Å²) in [5, 5.41) is 14.4. The van der Waals surface area contributed by atoms with E-state index in [9.17, 15) is 4.79 Å². The summed E-state index contributed by atoms with van der Waals surface area (Å²) < 4.78 is 9.37. The van der Waals surface area contributed by atoms with E-state index in [-0.39, 0.29) is 5.91 Å². The number of hydrogen-bond acceptors (Lipinski definition) is 5. The molecule has 3 aromatic heterocycles. The van der Waals surface area contributed by atoms with E-state index in [4.69, 9.17) is 16.6 Å². The first-order chi connectivity index (χ1) is 13.6. The summed E-state index contributed by atoms with van der Waals surface area (Å²) in [5.41, 5.74) is 1.81. The number of nitrogens with one attached hydrogen (secondary N) is 2. The van der Waals surface area contributed by atoms with Crippen molar-refractivity contribution in [3.63, 3.8) is 0 Å². The van der Waals surface area contributed by atoms with Crippen LogP contribution < -0.4 is 5.32 Å². The normalized spacial score (nSPS) is 10.9. The fourth-order valence-electron chi connectivity index (χ4n) is 2.84. The lowest BCUT2D eigenvalue weighted by Gasteiger charge is -2.08. The molecular weight excluding hydrogens is 376 g/mol. The van der Waals surface area contributed by atoms with E-state index in [1.165, 1.54) is 0 Å². The Balaban J connectivity index is 1.57. The molecule has 0 saturated carbocycles. The number of hydrogen-bond donors (Lipinski definition) is 2. The molecule has 0 atom stereocenters. The van der Waals surface area contributed by atoms with Crippen molar-refractivity contribution in [1.29, 1.82) is 0 Å². The number of nitrogens with zero attached hydrogens (tertiary/aromatic N) is 4. The third-order valence-corrected chi connectivity index (χ3v) is 4.69. The molecule has 8 nitrogen and oxygen atoms in total. The van der Waals surface area contributed by atoms with E-state index in [1.807, 2.05) is 43.4 Å². The van der Waals surface area contributed by atoms with Gasteiger partial charge in [-0.1, -0.05) is 18.2 Å². The molecule has 9 heteroatoms. The maximum atomic E-state index is 12.8. The number of aromatic nitrogens is 5. The molecule has 142 valence electrons. The highest BCUT2D eigenvalue weighted by Crippen LogP contribution is 2.22. The van der Waals surface area contributed by atoms with E-state index in [2.05, 4.69) is 20.6 Å². The van der Waals surface area contributed by atoms with Crippen molar-refractivity contribution < 1.29 is 9.21 Å². The van der Waals surface area contributed by atoms with Crippen molar-refractivity contribution in [3.05, 3.63) is 71.1 Å². The highest BCUT2D eigenvalue weighted by molar-refractivity contribution is 7.71. The first-order valence-corrected chi connectivity index (χ1v) is 9.12. The van der Waals surface area contributed by atoms with Gasteiger partial charge in [0.2, 0.25) is 0 Å². The summed E-state index contributed by atoms with van der Waals surface area (Å²) in [6.45, 7) is 0.419.